The Morgan fingerprint density at radius 2 is 2.25 bits per heavy atom. The molecule has 0 aliphatic rings. The van der Waals surface area contributed by atoms with Crippen molar-refractivity contribution in [2.75, 3.05) is 13.7 Å². The fourth-order valence-corrected chi connectivity index (χ4v) is 2.10. The minimum atomic E-state index is -0.0476. The van der Waals surface area contributed by atoms with Gasteiger partial charge in [-0.25, -0.2) is 0 Å². The van der Waals surface area contributed by atoms with Gasteiger partial charge in [0.2, 0.25) is 0 Å². The number of hydrogen-bond acceptors (Lipinski definition) is 2. The zero-order valence-corrected chi connectivity index (χ0v) is 11.4. The van der Waals surface area contributed by atoms with Crippen molar-refractivity contribution in [3.8, 4) is 5.75 Å². The lowest BCUT2D eigenvalue weighted by atomic mass is 9.84. The smallest absolute Gasteiger partial charge is 0.133 e. The van der Waals surface area contributed by atoms with Crippen LogP contribution in [0.3, 0.4) is 0 Å². The molecule has 0 saturated carbocycles. The molecule has 3 heteroatoms. The number of rotatable bonds is 5. The molecule has 0 fully saturated rings. The van der Waals surface area contributed by atoms with Gasteiger partial charge in [0, 0.05) is 12.0 Å². The quantitative estimate of drug-likeness (QED) is 0.843. The lowest BCUT2D eigenvalue weighted by Crippen LogP contribution is -2.27. The Morgan fingerprint density at radius 3 is 2.69 bits per heavy atom. The van der Waals surface area contributed by atoms with Crippen LogP contribution in [0, 0.1) is 5.41 Å². The highest BCUT2D eigenvalue weighted by Crippen LogP contribution is 2.29. The van der Waals surface area contributed by atoms with Crippen LogP contribution >= 0.6 is 15.9 Å². The number of ether oxygens (including phenoxy) is 1. The second kappa shape index (κ2) is 5.51. The van der Waals surface area contributed by atoms with Gasteiger partial charge in [0.15, 0.2) is 0 Å². The fraction of sp³-hybridized carbons (Fsp3) is 0.385. The number of methoxy groups -OCH3 is 1. The zero-order valence-electron chi connectivity index (χ0n) is 9.79. The van der Waals surface area contributed by atoms with Crippen LogP contribution in [0.1, 0.15) is 12.5 Å². The summed E-state index contributed by atoms with van der Waals surface area (Å²) in [5, 5.41) is 0. The van der Waals surface area contributed by atoms with Gasteiger partial charge < -0.3 is 10.5 Å². The molecule has 0 bridgehead atoms. The van der Waals surface area contributed by atoms with E-state index in [0.29, 0.717) is 6.54 Å². The SMILES string of the molecule is C=CC(C)(CN)Cc1ccc(OC)c(Br)c1. The molecule has 1 aromatic carbocycles. The van der Waals surface area contributed by atoms with E-state index in [1.165, 1.54) is 5.56 Å². The molecule has 0 aliphatic heterocycles. The average molecular weight is 284 g/mol. The van der Waals surface area contributed by atoms with E-state index in [0.717, 1.165) is 16.6 Å². The molecule has 16 heavy (non-hydrogen) atoms. The van der Waals surface area contributed by atoms with Crippen LogP contribution in [0.5, 0.6) is 5.75 Å². The lowest BCUT2D eigenvalue weighted by molar-refractivity contribution is 0.410. The summed E-state index contributed by atoms with van der Waals surface area (Å²) in [5.41, 5.74) is 6.93. The van der Waals surface area contributed by atoms with Crippen LogP contribution in [0.25, 0.3) is 0 Å². The maximum Gasteiger partial charge on any atom is 0.133 e. The summed E-state index contributed by atoms with van der Waals surface area (Å²) >= 11 is 3.48. The summed E-state index contributed by atoms with van der Waals surface area (Å²) in [6.07, 6.45) is 2.81. The first kappa shape index (κ1) is 13.3. The minimum absolute atomic E-state index is 0.0476. The normalized spacial score (nSPS) is 14.2. The van der Waals surface area contributed by atoms with Crippen molar-refractivity contribution in [3.63, 3.8) is 0 Å². The maximum atomic E-state index is 5.75. The molecule has 0 aromatic heterocycles. The molecule has 0 aliphatic carbocycles. The molecule has 0 saturated heterocycles. The number of hydrogen-bond donors (Lipinski definition) is 1. The van der Waals surface area contributed by atoms with Crippen LogP contribution < -0.4 is 10.5 Å². The molecular formula is C13H18BrNO. The van der Waals surface area contributed by atoms with Crippen molar-refractivity contribution in [2.45, 2.75) is 13.3 Å². The Morgan fingerprint density at radius 1 is 1.56 bits per heavy atom. The van der Waals surface area contributed by atoms with Crippen molar-refractivity contribution in [1.29, 1.82) is 0 Å². The van der Waals surface area contributed by atoms with Crippen molar-refractivity contribution in [2.24, 2.45) is 11.1 Å². The van der Waals surface area contributed by atoms with E-state index in [9.17, 15) is 0 Å². The zero-order chi connectivity index (χ0) is 12.2. The molecule has 0 radical (unpaired) electrons. The predicted octanol–water partition coefficient (Wildman–Crippen LogP) is 3.15. The molecule has 0 amide bonds. The molecule has 2 nitrogen and oxygen atoms in total. The van der Waals surface area contributed by atoms with Gasteiger partial charge in [-0.2, -0.15) is 0 Å². The standard InChI is InChI=1S/C13H18BrNO/c1-4-13(2,9-15)8-10-5-6-12(16-3)11(14)7-10/h4-7H,1,8-9,15H2,2-3H3. The first-order chi connectivity index (χ1) is 7.54. The van der Waals surface area contributed by atoms with Gasteiger partial charge in [0.25, 0.3) is 0 Å². The number of benzene rings is 1. The molecule has 0 spiro atoms. The number of halogens is 1. The summed E-state index contributed by atoms with van der Waals surface area (Å²) in [6.45, 7) is 6.55. The fourth-order valence-electron chi connectivity index (χ4n) is 1.51. The lowest BCUT2D eigenvalue weighted by Gasteiger charge is -2.23. The second-order valence-corrected chi connectivity index (χ2v) is 5.06. The average Bonchev–Trinajstić information content (AvgIpc) is 2.29. The molecule has 88 valence electrons. The molecule has 2 N–H and O–H groups in total. The first-order valence-electron chi connectivity index (χ1n) is 5.21. The summed E-state index contributed by atoms with van der Waals surface area (Å²) in [6, 6.07) is 6.08. The van der Waals surface area contributed by atoms with Gasteiger partial charge in [-0.1, -0.05) is 19.1 Å². The Hall–Kier alpha value is -0.800. The highest BCUT2D eigenvalue weighted by atomic mass is 79.9. The molecule has 1 atom stereocenters. The van der Waals surface area contributed by atoms with Crippen LogP contribution in [-0.2, 0) is 6.42 Å². The van der Waals surface area contributed by atoms with Crippen LogP contribution in [0.15, 0.2) is 35.3 Å². The topological polar surface area (TPSA) is 35.2 Å². The largest absolute Gasteiger partial charge is 0.496 e. The van der Waals surface area contributed by atoms with E-state index < -0.39 is 0 Å². The summed E-state index contributed by atoms with van der Waals surface area (Å²) in [4.78, 5) is 0. The summed E-state index contributed by atoms with van der Waals surface area (Å²) < 4.78 is 6.16. The summed E-state index contributed by atoms with van der Waals surface area (Å²) in [7, 11) is 1.66. The van der Waals surface area contributed by atoms with Crippen LogP contribution in [0.2, 0.25) is 0 Å². The monoisotopic (exact) mass is 283 g/mol. The third-order valence-electron chi connectivity index (χ3n) is 2.78. The van der Waals surface area contributed by atoms with E-state index in [2.05, 4.69) is 41.6 Å². The second-order valence-electron chi connectivity index (χ2n) is 4.21. The predicted molar refractivity (Wildman–Crippen MR) is 71.8 cm³/mol. The van der Waals surface area contributed by atoms with Crippen molar-refractivity contribution in [1.82, 2.24) is 0 Å². The minimum Gasteiger partial charge on any atom is -0.496 e. The van der Waals surface area contributed by atoms with Gasteiger partial charge in [-0.05, 0) is 40.0 Å². The Balaban J connectivity index is 2.90. The van der Waals surface area contributed by atoms with Crippen molar-refractivity contribution < 1.29 is 4.74 Å². The van der Waals surface area contributed by atoms with Crippen LogP contribution in [0.4, 0.5) is 0 Å². The first-order valence-corrected chi connectivity index (χ1v) is 6.00. The van der Waals surface area contributed by atoms with E-state index in [1.54, 1.807) is 7.11 Å². The van der Waals surface area contributed by atoms with Gasteiger partial charge >= 0.3 is 0 Å². The van der Waals surface area contributed by atoms with Gasteiger partial charge in [-0.15, -0.1) is 6.58 Å². The molecular weight excluding hydrogens is 266 g/mol. The van der Waals surface area contributed by atoms with E-state index in [4.69, 9.17) is 10.5 Å². The third kappa shape index (κ3) is 3.09. The Labute approximate surface area is 106 Å². The van der Waals surface area contributed by atoms with Crippen molar-refractivity contribution in [3.05, 3.63) is 40.9 Å². The third-order valence-corrected chi connectivity index (χ3v) is 3.40. The van der Waals surface area contributed by atoms with E-state index in [-0.39, 0.29) is 5.41 Å². The van der Waals surface area contributed by atoms with Gasteiger partial charge in [0.05, 0.1) is 11.6 Å². The molecule has 0 heterocycles. The molecule has 1 aromatic rings. The molecule has 1 rings (SSSR count). The summed E-state index contributed by atoms with van der Waals surface area (Å²) in [5.74, 6) is 0.844. The van der Waals surface area contributed by atoms with Gasteiger partial charge in [-0.3, -0.25) is 0 Å². The van der Waals surface area contributed by atoms with Crippen molar-refractivity contribution >= 4 is 15.9 Å². The Bertz CT molecular complexity index is 378. The van der Waals surface area contributed by atoms with Crippen LogP contribution in [-0.4, -0.2) is 13.7 Å². The maximum absolute atomic E-state index is 5.75. The Kier molecular flexibility index (Phi) is 4.56. The highest BCUT2D eigenvalue weighted by molar-refractivity contribution is 9.10. The van der Waals surface area contributed by atoms with E-state index in [1.807, 2.05) is 12.1 Å². The highest BCUT2D eigenvalue weighted by Gasteiger charge is 2.19. The number of nitrogens with two attached hydrogens (primary N) is 1. The van der Waals surface area contributed by atoms with Gasteiger partial charge in [0.1, 0.15) is 5.75 Å². The van der Waals surface area contributed by atoms with E-state index >= 15 is 0 Å². The molecule has 1 unspecified atom stereocenters.